The lowest BCUT2D eigenvalue weighted by Crippen LogP contribution is -2.41. The number of alkyl halides is 4. The fourth-order valence-corrected chi connectivity index (χ4v) is 1.66. The van der Waals surface area contributed by atoms with Crippen LogP contribution in [0.15, 0.2) is 42.5 Å². The Morgan fingerprint density at radius 3 is 2.12 bits per heavy atom. The van der Waals surface area contributed by atoms with Gasteiger partial charge in [-0.3, -0.25) is 0 Å². The minimum atomic E-state index is -4.17. The second kappa shape index (κ2) is 3.72. The molecule has 0 N–H and O–H groups in total. The van der Waals surface area contributed by atoms with Crippen molar-refractivity contribution in [1.82, 2.24) is 0 Å². The maximum absolute atomic E-state index is 13.6. The van der Waals surface area contributed by atoms with Crippen LogP contribution in [0.25, 0.3) is 5.57 Å². The van der Waals surface area contributed by atoms with Crippen molar-refractivity contribution in [3.05, 3.63) is 53.6 Å². The fraction of sp³-hybridized carbons (Fsp3) is 0.231. The summed E-state index contributed by atoms with van der Waals surface area (Å²) in [7, 11) is 0. The predicted molar refractivity (Wildman–Crippen MR) is 58.2 cm³/mol. The molecule has 2 rings (SSSR count). The summed E-state index contributed by atoms with van der Waals surface area (Å²) in [5.41, 5.74) is 0.352. The second-order valence-electron chi connectivity index (χ2n) is 4.00. The van der Waals surface area contributed by atoms with Gasteiger partial charge in [0.1, 0.15) is 0 Å². The molecule has 0 fully saturated rings. The van der Waals surface area contributed by atoms with E-state index < -0.39 is 17.4 Å². The third-order valence-corrected chi connectivity index (χ3v) is 2.69. The van der Waals surface area contributed by atoms with Gasteiger partial charge in [-0.2, -0.15) is 17.6 Å². The normalized spacial score (nSPS) is 21.1. The zero-order valence-electron chi connectivity index (χ0n) is 9.05. The van der Waals surface area contributed by atoms with Gasteiger partial charge in [-0.1, -0.05) is 42.0 Å². The Morgan fingerprint density at radius 2 is 1.53 bits per heavy atom. The summed E-state index contributed by atoms with van der Waals surface area (Å²) < 4.78 is 53.4. The Kier molecular flexibility index (Phi) is 2.60. The lowest BCUT2D eigenvalue weighted by atomic mass is 9.91. The number of halogens is 4. The van der Waals surface area contributed by atoms with Crippen LogP contribution in [0.4, 0.5) is 17.6 Å². The molecule has 0 heterocycles. The Labute approximate surface area is 96.3 Å². The third-order valence-electron chi connectivity index (χ3n) is 2.69. The first-order chi connectivity index (χ1) is 7.84. The van der Waals surface area contributed by atoms with Gasteiger partial charge in [-0.05, 0) is 18.6 Å². The molecule has 1 aliphatic rings. The zero-order valence-corrected chi connectivity index (χ0v) is 9.05. The molecule has 0 nitrogen and oxygen atoms in total. The second-order valence-corrected chi connectivity index (χ2v) is 4.00. The highest BCUT2D eigenvalue weighted by Gasteiger charge is 2.58. The monoisotopic (exact) mass is 242 g/mol. The molecule has 0 unspecified atom stereocenters. The molecule has 0 saturated heterocycles. The standard InChI is InChI=1S/C13H10F4/c1-9-4-6-10(7-5-9)11-3-2-8-12(14,15)13(11,16)17/h2-8H,1H3. The lowest BCUT2D eigenvalue weighted by molar-refractivity contribution is -0.140. The summed E-state index contributed by atoms with van der Waals surface area (Å²) in [6.07, 6.45) is 2.22. The minimum absolute atomic E-state index is 0.115. The first kappa shape index (κ1) is 11.9. The highest BCUT2D eigenvalue weighted by atomic mass is 19.3. The van der Waals surface area contributed by atoms with Crippen molar-refractivity contribution in [2.75, 3.05) is 0 Å². The van der Waals surface area contributed by atoms with Crippen LogP contribution in [0.3, 0.4) is 0 Å². The number of allylic oxidation sites excluding steroid dienone is 4. The van der Waals surface area contributed by atoms with Crippen molar-refractivity contribution in [3.8, 4) is 0 Å². The first-order valence-electron chi connectivity index (χ1n) is 5.07. The molecule has 90 valence electrons. The molecule has 0 spiro atoms. The molecule has 1 aliphatic carbocycles. The van der Waals surface area contributed by atoms with Gasteiger partial charge in [-0.25, -0.2) is 0 Å². The van der Waals surface area contributed by atoms with Crippen LogP contribution >= 0.6 is 0 Å². The highest BCUT2D eigenvalue weighted by molar-refractivity contribution is 5.75. The van der Waals surface area contributed by atoms with Gasteiger partial charge in [0.2, 0.25) is 0 Å². The van der Waals surface area contributed by atoms with Crippen molar-refractivity contribution in [2.24, 2.45) is 0 Å². The lowest BCUT2D eigenvalue weighted by Gasteiger charge is -2.28. The number of benzene rings is 1. The summed E-state index contributed by atoms with van der Waals surface area (Å²) in [6, 6.07) is 6.07. The quantitative estimate of drug-likeness (QED) is 0.647. The third kappa shape index (κ3) is 1.88. The molecule has 0 bridgehead atoms. The fourth-order valence-electron chi connectivity index (χ4n) is 1.66. The average molecular weight is 242 g/mol. The Balaban J connectivity index is 2.49. The molecule has 0 atom stereocenters. The van der Waals surface area contributed by atoms with Gasteiger partial charge in [-0.15, -0.1) is 0 Å². The Hall–Kier alpha value is -1.58. The molecule has 1 aromatic rings. The number of hydrogen-bond acceptors (Lipinski definition) is 0. The Bertz CT molecular complexity index is 481. The SMILES string of the molecule is Cc1ccc(C2=CC=CC(F)(F)C2(F)F)cc1. The molecule has 0 radical (unpaired) electrons. The largest absolute Gasteiger partial charge is 0.339 e. The van der Waals surface area contributed by atoms with E-state index in [1.165, 1.54) is 12.1 Å². The van der Waals surface area contributed by atoms with Crippen LogP contribution in [-0.4, -0.2) is 11.8 Å². The van der Waals surface area contributed by atoms with Gasteiger partial charge in [0, 0.05) is 5.57 Å². The zero-order chi connectivity index (χ0) is 12.7. The number of aryl methyl sites for hydroxylation is 1. The summed E-state index contributed by atoms with van der Waals surface area (Å²) in [5, 5.41) is 0. The van der Waals surface area contributed by atoms with E-state index in [0.717, 1.165) is 17.7 Å². The van der Waals surface area contributed by atoms with Gasteiger partial charge in [0.25, 0.3) is 0 Å². The molecule has 4 heteroatoms. The molecule has 0 amide bonds. The molecule has 1 aromatic carbocycles. The summed E-state index contributed by atoms with van der Waals surface area (Å²) in [6.45, 7) is 1.80. The molecule has 0 aliphatic heterocycles. The van der Waals surface area contributed by atoms with Crippen LogP contribution < -0.4 is 0 Å². The van der Waals surface area contributed by atoms with Crippen LogP contribution in [0.2, 0.25) is 0 Å². The van der Waals surface area contributed by atoms with Crippen LogP contribution in [0, 0.1) is 6.92 Å². The Morgan fingerprint density at radius 1 is 0.941 bits per heavy atom. The van der Waals surface area contributed by atoms with Gasteiger partial charge in [0.05, 0.1) is 0 Å². The van der Waals surface area contributed by atoms with E-state index in [0.29, 0.717) is 0 Å². The van der Waals surface area contributed by atoms with Crippen LogP contribution in [0.1, 0.15) is 11.1 Å². The molecule has 17 heavy (non-hydrogen) atoms. The summed E-state index contributed by atoms with van der Waals surface area (Å²) >= 11 is 0. The van der Waals surface area contributed by atoms with Gasteiger partial charge in [0.15, 0.2) is 0 Å². The molecular formula is C13H10F4. The minimum Gasteiger partial charge on any atom is -0.195 e. The topological polar surface area (TPSA) is 0 Å². The number of hydrogen-bond donors (Lipinski definition) is 0. The maximum Gasteiger partial charge on any atom is 0.339 e. The van der Waals surface area contributed by atoms with Crippen LogP contribution in [0.5, 0.6) is 0 Å². The summed E-state index contributed by atoms with van der Waals surface area (Å²) in [4.78, 5) is 0. The van der Waals surface area contributed by atoms with E-state index in [-0.39, 0.29) is 11.6 Å². The molecular weight excluding hydrogens is 232 g/mol. The van der Waals surface area contributed by atoms with Crippen molar-refractivity contribution >= 4 is 5.57 Å². The van der Waals surface area contributed by atoms with E-state index >= 15 is 0 Å². The van der Waals surface area contributed by atoms with Gasteiger partial charge >= 0.3 is 11.8 Å². The van der Waals surface area contributed by atoms with E-state index in [9.17, 15) is 17.6 Å². The first-order valence-corrected chi connectivity index (χ1v) is 5.07. The van der Waals surface area contributed by atoms with E-state index in [4.69, 9.17) is 0 Å². The smallest absolute Gasteiger partial charge is 0.195 e. The molecule has 0 aromatic heterocycles. The van der Waals surface area contributed by atoms with E-state index in [1.54, 1.807) is 19.1 Å². The number of rotatable bonds is 1. The maximum atomic E-state index is 13.6. The average Bonchev–Trinajstić information content (AvgIpc) is 2.24. The van der Waals surface area contributed by atoms with Crippen LogP contribution in [-0.2, 0) is 0 Å². The van der Waals surface area contributed by atoms with E-state index in [1.807, 2.05) is 0 Å². The summed E-state index contributed by atoms with van der Waals surface area (Å²) in [5.74, 6) is -8.31. The van der Waals surface area contributed by atoms with Crippen molar-refractivity contribution in [3.63, 3.8) is 0 Å². The van der Waals surface area contributed by atoms with Gasteiger partial charge < -0.3 is 0 Å². The predicted octanol–water partition coefficient (Wildman–Crippen LogP) is 4.22. The molecule has 0 saturated carbocycles. The van der Waals surface area contributed by atoms with E-state index in [2.05, 4.69) is 0 Å². The van der Waals surface area contributed by atoms with Crippen molar-refractivity contribution in [1.29, 1.82) is 0 Å². The van der Waals surface area contributed by atoms with Crippen molar-refractivity contribution < 1.29 is 17.6 Å². The van der Waals surface area contributed by atoms with Crippen molar-refractivity contribution in [2.45, 2.75) is 18.8 Å². The highest BCUT2D eigenvalue weighted by Crippen LogP contribution is 2.47.